The number of hydrogen-bond acceptors (Lipinski definition) is 5. The molecule has 2 N–H and O–H groups in total. The van der Waals surface area contributed by atoms with E-state index in [2.05, 4.69) is 63.3 Å². The molecule has 6 heteroatoms. The predicted octanol–water partition coefficient (Wildman–Crippen LogP) is 8.63. The molecule has 1 aromatic heterocycles. The summed E-state index contributed by atoms with van der Waals surface area (Å²) in [6.07, 6.45) is 8.25. The molecule has 0 unspecified atom stereocenters. The minimum atomic E-state index is -0.896. The number of thioether (sulfide) groups is 1. The van der Waals surface area contributed by atoms with E-state index in [4.69, 9.17) is 4.98 Å². The van der Waals surface area contributed by atoms with Crippen molar-refractivity contribution in [1.29, 1.82) is 0 Å². The van der Waals surface area contributed by atoms with Crippen molar-refractivity contribution < 1.29 is 15.0 Å². The van der Waals surface area contributed by atoms with Crippen molar-refractivity contribution >= 4 is 41.2 Å². The predicted molar refractivity (Wildman–Crippen MR) is 165 cm³/mol. The maximum absolute atomic E-state index is 11.5. The number of hydrogen-bond donors (Lipinski definition) is 2. The first kappa shape index (κ1) is 29.6. The number of aryl methyl sites for hydroxylation is 2. The van der Waals surface area contributed by atoms with Crippen LogP contribution in [0.15, 0.2) is 48.5 Å². The lowest BCUT2D eigenvalue weighted by atomic mass is 9.90. The van der Waals surface area contributed by atoms with Crippen molar-refractivity contribution in [3.63, 3.8) is 0 Å². The summed E-state index contributed by atoms with van der Waals surface area (Å²) in [5, 5.41) is 21.4. The van der Waals surface area contributed by atoms with Gasteiger partial charge in [-0.15, -0.1) is 11.3 Å². The molecule has 1 aliphatic carbocycles. The van der Waals surface area contributed by atoms with Crippen LogP contribution in [0.4, 0.5) is 0 Å². The van der Waals surface area contributed by atoms with Crippen LogP contribution in [0, 0.1) is 12.3 Å². The largest absolute Gasteiger partial charge is 0.481 e. The summed E-state index contributed by atoms with van der Waals surface area (Å²) < 4.78 is 0. The summed E-state index contributed by atoms with van der Waals surface area (Å²) in [7, 11) is 0. The maximum Gasteiger partial charge on any atom is 0.303 e. The van der Waals surface area contributed by atoms with Crippen molar-refractivity contribution in [3.05, 3.63) is 86.4 Å². The summed E-state index contributed by atoms with van der Waals surface area (Å²) in [6.45, 7) is 10.2. The highest BCUT2D eigenvalue weighted by Gasteiger charge is 2.44. The molecule has 4 nitrogen and oxygen atoms in total. The number of benzene rings is 2. The van der Waals surface area contributed by atoms with Gasteiger partial charge in [-0.3, -0.25) is 4.79 Å². The monoisotopic (exact) mass is 563 g/mol. The van der Waals surface area contributed by atoms with Crippen molar-refractivity contribution in [3.8, 4) is 0 Å². The Bertz CT molecular complexity index is 1310. The second kappa shape index (κ2) is 12.4. The molecule has 39 heavy (non-hydrogen) atoms. The number of rotatable bonds is 13. The summed E-state index contributed by atoms with van der Waals surface area (Å²) in [5.41, 5.74) is 4.74. The Morgan fingerprint density at radius 3 is 2.54 bits per heavy atom. The van der Waals surface area contributed by atoms with Crippen LogP contribution in [0.2, 0.25) is 0 Å². The molecule has 4 rings (SSSR count). The molecule has 0 aliphatic heterocycles. The van der Waals surface area contributed by atoms with Crippen LogP contribution in [-0.4, -0.2) is 26.9 Å². The van der Waals surface area contributed by atoms with E-state index >= 15 is 0 Å². The molecule has 1 heterocycles. The lowest BCUT2D eigenvalue weighted by Crippen LogP contribution is -2.18. The van der Waals surface area contributed by atoms with E-state index in [1.54, 1.807) is 11.3 Å². The average Bonchev–Trinajstić information content (AvgIpc) is 3.52. The highest BCUT2D eigenvalue weighted by molar-refractivity contribution is 7.99. The molecule has 1 saturated carbocycles. The second-order valence-corrected chi connectivity index (χ2v) is 14.2. The van der Waals surface area contributed by atoms with Gasteiger partial charge in [0.1, 0.15) is 5.01 Å². The van der Waals surface area contributed by atoms with Gasteiger partial charge in [0.05, 0.1) is 17.7 Å². The van der Waals surface area contributed by atoms with Crippen LogP contribution in [0.5, 0.6) is 0 Å². The summed E-state index contributed by atoms with van der Waals surface area (Å²) in [5.74, 6) is 0.573. The van der Waals surface area contributed by atoms with Gasteiger partial charge in [-0.2, -0.15) is 11.8 Å². The van der Waals surface area contributed by atoms with Gasteiger partial charge in [0.15, 0.2) is 0 Å². The van der Waals surface area contributed by atoms with E-state index in [1.807, 2.05) is 43.8 Å². The van der Waals surface area contributed by atoms with Gasteiger partial charge < -0.3 is 10.2 Å². The Balaban J connectivity index is 1.55. The molecular formula is C33H41NO3S2. The standard InChI is InChI=1S/C33H41NO3S2/c1-22(2)31-23(3)39-29(34-31)16-13-24-9-8-11-26(19-24)28(38-21-33(17-18-33)20-30(35)36)15-14-25-10-6-7-12-27(25)32(4,5)37/h6-13,16,19,22,28,37H,14-15,17-18,20-21H2,1-5H3,(H,35,36)/b16-13+/t28-/m1/s1. The molecule has 2 aromatic carbocycles. The number of aliphatic carboxylic acids is 1. The van der Waals surface area contributed by atoms with Gasteiger partial charge in [0.25, 0.3) is 0 Å². The molecule has 1 aliphatic rings. The Labute approximate surface area is 241 Å². The van der Waals surface area contributed by atoms with Crippen LogP contribution in [-0.2, 0) is 16.8 Å². The molecule has 0 bridgehead atoms. The van der Waals surface area contributed by atoms with Crippen molar-refractivity contribution in [2.45, 2.75) is 83.5 Å². The highest BCUT2D eigenvalue weighted by Crippen LogP contribution is 2.53. The smallest absolute Gasteiger partial charge is 0.303 e. The van der Waals surface area contributed by atoms with Gasteiger partial charge in [-0.1, -0.05) is 68.5 Å². The quantitative estimate of drug-likeness (QED) is 0.218. The molecule has 1 fully saturated rings. The second-order valence-electron chi connectivity index (χ2n) is 11.8. The fraction of sp³-hybridized carbons (Fsp3) is 0.455. The Morgan fingerprint density at radius 2 is 1.90 bits per heavy atom. The number of carbonyl (C=O) groups is 1. The first-order valence-corrected chi connectivity index (χ1v) is 15.7. The molecule has 1 atom stereocenters. The van der Waals surface area contributed by atoms with Crippen LogP contribution in [0.1, 0.15) is 102 Å². The third-order valence-corrected chi connectivity index (χ3v) is 10.2. The minimum absolute atomic E-state index is 0.0614. The first-order chi connectivity index (χ1) is 18.5. The number of aromatic nitrogens is 1. The SMILES string of the molecule is Cc1sc(/C=C/c2cccc([C@@H](CCc3ccccc3C(C)(C)O)SCC3(CC(=O)O)CC3)c2)nc1C(C)C. The van der Waals surface area contributed by atoms with Crippen molar-refractivity contribution in [2.75, 3.05) is 5.75 Å². The Hall–Kier alpha value is -2.41. The van der Waals surface area contributed by atoms with Crippen LogP contribution in [0.25, 0.3) is 12.2 Å². The number of carboxylic acid groups (broad SMARTS) is 1. The van der Waals surface area contributed by atoms with Crippen LogP contribution < -0.4 is 0 Å². The van der Waals surface area contributed by atoms with E-state index in [0.717, 1.165) is 47.6 Å². The molecule has 3 aromatic rings. The number of aliphatic hydroxyl groups is 1. The minimum Gasteiger partial charge on any atom is -0.481 e. The molecule has 0 amide bonds. The number of thiazole rings is 1. The van der Waals surface area contributed by atoms with Gasteiger partial charge >= 0.3 is 5.97 Å². The number of nitrogens with zero attached hydrogens (tertiary/aromatic N) is 1. The van der Waals surface area contributed by atoms with E-state index in [-0.39, 0.29) is 17.1 Å². The van der Waals surface area contributed by atoms with Crippen molar-refractivity contribution in [1.82, 2.24) is 4.98 Å². The lowest BCUT2D eigenvalue weighted by molar-refractivity contribution is -0.138. The fourth-order valence-electron chi connectivity index (χ4n) is 5.18. The van der Waals surface area contributed by atoms with E-state index in [0.29, 0.717) is 5.92 Å². The third kappa shape index (κ3) is 8.06. The Morgan fingerprint density at radius 1 is 1.15 bits per heavy atom. The van der Waals surface area contributed by atoms with E-state index in [1.165, 1.54) is 21.7 Å². The van der Waals surface area contributed by atoms with Gasteiger partial charge in [-0.25, -0.2) is 4.98 Å². The zero-order valence-corrected chi connectivity index (χ0v) is 25.4. The topological polar surface area (TPSA) is 70.4 Å². The summed E-state index contributed by atoms with van der Waals surface area (Å²) in [6, 6.07) is 16.8. The first-order valence-electron chi connectivity index (χ1n) is 13.9. The van der Waals surface area contributed by atoms with Gasteiger partial charge in [0, 0.05) is 15.9 Å². The lowest BCUT2D eigenvalue weighted by Gasteiger charge is -2.24. The normalized spacial score (nSPS) is 15.7. The summed E-state index contributed by atoms with van der Waals surface area (Å²) >= 11 is 3.62. The van der Waals surface area contributed by atoms with Crippen LogP contribution in [0.3, 0.4) is 0 Å². The van der Waals surface area contributed by atoms with Crippen LogP contribution >= 0.6 is 23.1 Å². The van der Waals surface area contributed by atoms with Gasteiger partial charge in [-0.05, 0) is 86.1 Å². The summed E-state index contributed by atoms with van der Waals surface area (Å²) in [4.78, 5) is 17.6. The molecule has 0 spiro atoms. The Kier molecular flexibility index (Phi) is 9.41. The zero-order valence-electron chi connectivity index (χ0n) is 23.7. The molecular weight excluding hydrogens is 523 g/mol. The highest BCUT2D eigenvalue weighted by atomic mass is 32.2. The molecule has 208 valence electrons. The average molecular weight is 564 g/mol. The maximum atomic E-state index is 11.5. The van der Waals surface area contributed by atoms with Crippen molar-refractivity contribution in [2.24, 2.45) is 5.41 Å². The number of carboxylic acids is 1. The van der Waals surface area contributed by atoms with E-state index < -0.39 is 11.6 Å². The molecule has 0 radical (unpaired) electrons. The van der Waals surface area contributed by atoms with E-state index in [9.17, 15) is 15.0 Å². The van der Waals surface area contributed by atoms with Gasteiger partial charge in [0.2, 0.25) is 0 Å². The molecule has 0 saturated heterocycles. The fourth-order valence-corrected chi connectivity index (χ4v) is 7.73. The zero-order chi connectivity index (χ0) is 28.2. The third-order valence-electron chi connectivity index (χ3n) is 7.52.